The summed E-state index contributed by atoms with van der Waals surface area (Å²) in [6.45, 7) is 4.25. The van der Waals surface area contributed by atoms with E-state index < -0.39 is 6.10 Å². The zero-order chi connectivity index (χ0) is 12.4. The SMILES string of the molecule is CCCCC[C@@H](O)[C@@H](Br)/C=C/C(=O)OCC. The summed E-state index contributed by atoms with van der Waals surface area (Å²) in [5.41, 5.74) is 0. The molecule has 94 valence electrons. The Balaban J connectivity index is 3.84. The molecule has 0 saturated carbocycles. The first-order valence-electron chi connectivity index (χ1n) is 5.78. The van der Waals surface area contributed by atoms with Crippen molar-refractivity contribution in [3.05, 3.63) is 12.2 Å². The molecule has 4 heteroatoms. The van der Waals surface area contributed by atoms with Gasteiger partial charge in [0.2, 0.25) is 0 Å². The molecule has 0 heterocycles. The minimum absolute atomic E-state index is 0.186. The van der Waals surface area contributed by atoms with E-state index in [0.717, 1.165) is 25.7 Å². The van der Waals surface area contributed by atoms with Gasteiger partial charge >= 0.3 is 5.97 Å². The molecule has 0 aliphatic carbocycles. The van der Waals surface area contributed by atoms with Crippen LogP contribution in [0, 0.1) is 0 Å². The highest BCUT2D eigenvalue weighted by Crippen LogP contribution is 2.14. The summed E-state index contributed by atoms with van der Waals surface area (Å²) in [5, 5.41) is 9.74. The van der Waals surface area contributed by atoms with Crippen molar-refractivity contribution in [2.24, 2.45) is 0 Å². The van der Waals surface area contributed by atoms with Crippen molar-refractivity contribution in [2.45, 2.75) is 50.5 Å². The molecule has 0 aromatic carbocycles. The Hall–Kier alpha value is -0.350. The van der Waals surface area contributed by atoms with Crippen molar-refractivity contribution in [1.82, 2.24) is 0 Å². The van der Waals surface area contributed by atoms with E-state index in [1.54, 1.807) is 13.0 Å². The van der Waals surface area contributed by atoms with Crippen LogP contribution in [0.25, 0.3) is 0 Å². The van der Waals surface area contributed by atoms with Gasteiger partial charge in [-0.3, -0.25) is 0 Å². The van der Waals surface area contributed by atoms with Crippen molar-refractivity contribution in [3.63, 3.8) is 0 Å². The van der Waals surface area contributed by atoms with Gasteiger partial charge in [-0.15, -0.1) is 0 Å². The van der Waals surface area contributed by atoms with Crippen molar-refractivity contribution < 1.29 is 14.6 Å². The van der Waals surface area contributed by atoms with Crippen LogP contribution in [0.15, 0.2) is 12.2 Å². The van der Waals surface area contributed by atoms with Crippen LogP contribution in [0.2, 0.25) is 0 Å². The third-order valence-electron chi connectivity index (χ3n) is 2.17. The molecule has 0 radical (unpaired) electrons. The maximum Gasteiger partial charge on any atom is 0.330 e. The summed E-state index contributed by atoms with van der Waals surface area (Å²) in [4.78, 5) is 10.8. The molecule has 0 unspecified atom stereocenters. The van der Waals surface area contributed by atoms with Gasteiger partial charge in [-0.25, -0.2) is 4.79 Å². The molecule has 0 aromatic heterocycles. The van der Waals surface area contributed by atoms with Crippen molar-refractivity contribution in [3.8, 4) is 0 Å². The number of unbranched alkanes of at least 4 members (excludes halogenated alkanes) is 2. The van der Waals surface area contributed by atoms with E-state index in [1.165, 1.54) is 6.08 Å². The summed E-state index contributed by atoms with van der Waals surface area (Å²) in [6.07, 6.45) is 6.55. The third kappa shape index (κ3) is 7.88. The molecular formula is C12H21BrO3. The summed E-state index contributed by atoms with van der Waals surface area (Å²) >= 11 is 3.33. The molecule has 0 fully saturated rings. The molecule has 0 rings (SSSR count). The van der Waals surface area contributed by atoms with E-state index in [2.05, 4.69) is 22.9 Å². The molecule has 0 bridgehead atoms. The second-order valence-electron chi connectivity index (χ2n) is 3.62. The average Bonchev–Trinajstić information content (AvgIpc) is 2.26. The minimum Gasteiger partial charge on any atom is -0.463 e. The molecule has 0 amide bonds. The number of aliphatic hydroxyl groups excluding tert-OH is 1. The number of hydrogen-bond donors (Lipinski definition) is 1. The fraction of sp³-hybridized carbons (Fsp3) is 0.750. The molecule has 0 aromatic rings. The third-order valence-corrected chi connectivity index (χ3v) is 3.09. The zero-order valence-electron chi connectivity index (χ0n) is 9.99. The lowest BCUT2D eigenvalue weighted by molar-refractivity contribution is -0.137. The second kappa shape index (κ2) is 9.85. The fourth-order valence-corrected chi connectivity index (χ4v) is 1.67. The van der Waals surface area contributed by atoms with Crippen LogP contribution < -0.4 is 0 Å². The standard InChI is InChI=1S/C12H21BrO3/c1-3-5-6-7-11(14)10(13)8-9-12(15)16-4-2/h8-11,14H,3-7H2,1-2H3/b9-8+/t10-,11+/m0/s1. The van der Waals surface area contributed by atoms with Crippen molar-refractivity contribution >= 4 is 21.9 Å². The number of alkyl halides is 1. The van der Waals surface area contributed by atoms with Crippen LogP contribution in [0.5, 0.6) is 0 Å². The number of rotatable bonds is 8. The minimum atomic E-state index is -0.447. The van der Waals surface area contributed by atoms with Crippen LogP contribution in [-0.4, -0.2) is 28.6 Å². The lowest BCUT2D eigenvalue weighted by Crippen LogP contribution is -2.18. The Morgan fingerprint density at radius 1 is 1.44 bits per heavy atom. The summed E-state index contributed by atoms with van der Waals surface area (Å²) < 4.78 is 4.74. The molecule has 0 spiro atoms. The quantitative estimate of drug-likeness (QED) is 0.324. The van der Waals surface area contributed by atoms with Gasteiger partial charge in [0, 0.05) is 6.08 Å². The first-order valence-corrected chi connectivity index (χ1v) is 6.70. The molecule has 0 aliphatic rings. The number of ether oxygens (including phenoxy) is 1. The highest BCUT2D eigenvalue weighted by molar-refractivity contribution is 9.09. The average molecular weight is 293 g/mol. The van der Waals surface area contributed by atoms with Crippen molar-refractivity contribution in [1.29, 1.82) is 0 Å². The maximum absolute atomic E-state index is 11.0. The first-order chi connectivity index (χ1) is 7.61. The predicted octanol–water partition coefficient (Wildman–Crippen LogP) is 2.81. The van der Waals surface area contributed by atoms with Gasteiger partial charge < -0.3 is 9.84 Å². The van der Waals surface area contributed by atoms with Gasteiger partial charge in [-0.1, -0.05) is 48.2 Å². The molecule has 1 N–H and O–H groups in total. The highest BCUT2D eigenvalue weighted by Gasteiger charge is 2.12. The van der Waals surface area contributed by atoms with E-state index in [-0.39, 0.29) is 10.8 Å². The normalized spacial score (nSPS) is 15.0. The van der Waals surface area contributed by atoms with Crippen LogP contribution in [0.4, 0.5) is 0 Å². The van der Waals surface area contributed by atoms with Crippen LogP contribution in [-0.2, 0) is 9.53 Å². The Morgan fingerprint density at radius 3 is 2.69 bits per heavy atom. The van der Waals surface area contributed by atoms with Crippen LogP contribution >= 0.6 is 15.9 Å². The molecule has 0 saturated heterocycles. The highest BCUT2D eigenvalue weighted by atomic mass is 79.9. The van der Waals surface area contributed by atoms with E-state index in [1.807, 2.05) is 0 Å². The number of carbonyl (C=O) groups is 1. The molecule has 0 aliphatic heterocycles. The van der Waals surface area contributed by atoms with Crippen molar-refractivity contribution in [2.75, 3.05) is 6.61 Å². The largest absolute Gasteiger partial charge is 0.463 e. The van der Waals surface area contributed by atoms with Gasteiger partial charge in [0.25, 0.3) is 0 Å². The van der Waals surface area contributed by atoms with E-state index in [4.69, 9.17) is 4.74 Å². The summed E-state index contributed by atoms with van der Waals surface area (Å²) in [5.74, 6) is -0.368. The lowest BCUT2D eigenvalue weighted by atomic mass is 10.1. The van der Waals surface area contributed by atoms with Crippen LogP contribution in [0.3, 0.4) is 0 Å². The summed E-state index contributed by atoms with van der Waals surface area (Å²) in [6, 6.07) is 0. The topological polar surface area (TPSA) is 46.5 Å². The van der Waals surface area contributed by atoms with E-state index in [0.29, 0.717) is 6.61 Å². The molecule has 16 heavy (non-hydrogen) atoms. The lowest BCUT2D eigenvalue weighted by Gasteiger charge is -2.13. The Labute approximate surface area is 106 Å². The molecule has 2 atom stereocenters. The fourth-order valence-electron chi connectivity index (χ4n) is 1.25. The smallest absolute Gasteiger partial charge is 0.330 e. The maximum atomic E-state index is 11.0. The van der Waals surface area contributed by atoms with E-state index in [9.17, 15) is 9.90 Å². The Bertz CT molecular complexity index is 216. The number of esters is 1. The predicted molar refractivity (Wildman–Crippen MR) is 68.6 cm³/mol. The number of carbonyl (C=O) groups excluding carboxylic acids is 1. The van der Waals surface area contributed by atoms with Gasteiger partial charge in [0.1, 0.15) is 0 Å². The van der Waals surface area contributed by atoms with Gasteiger partial charge in [0.15, 0.2) is 0 Å². The van der Waals surface area contributed by atoms with Gasteiger partial charge in [-0.05, 0) is 13.3 Å². The number of hydrogen-bond acceptors (Lipinski definition) is 3. The Kier molecular flexibility index (Phi) is 9.63. The van der Waals surface area contributed by atoms with Crippen LogP contribution in [0.1, 0.15) is 39.5 Å². The monoisotopic (exact) mass is 292 g/mol. The second-order valence-corrected chi connectivity index (χ2v) is 4.68. The molecular weight excluding hydrogens is 272 g/mol. The molecule has 3 nitrogen and oxygen atoms in total. The van der Waals surface area contributed by atoms with E-state index >= 15 is 0 Å². The van der Waals surface area contributed by atoms with Gasteiger partial charge in [-0.2, -0.15) is 0 Å². The van der Waals surface area contributed by atoms with Gasteiger partial charge in [0.05, 0.1) is 17.5 Å². The first kappa shape index (κ1) is 15.7. The zero-order valence-corrected chi connectivity index (χ0v) is 11.6. The Morgan fingerprint density at radius 2 is 2.12 bits per heavy atom. The number of aliphatic hydroxyl groups is 1. The summed E-state index contributed by atoms with van der Waals surface area (Å²) in [7, 11) is 0. The number of halogens is 1.